The molecule has 0 unspecified atom stereocenters. The Hall–Kier alpha value is -4.86. The summed E-state index contributed by atoms with van der Waals surface area (Å²) in [5.41, 5.74) is 13.1. The van der Waals surface area contributed by atoms with Gasteiger partial charge in [0.2, 0.25) is 0 Å². The van der Waals surface area contributed by atoms with Gasteiger partial charge in [0.25, 0.3) is 0 Å². The first-order valence-electron chi connectivity index (χ1n) is 17.8. The zero-order valence-electron chi connectivity index (χ0n) is 30.2. The molecule has 8 aromatic rings. The van der Waals surface area contributed by atoms with Crippen molar-refractivity contribution >= 4 is 70.5 Å². The van der Waals surface area contributed by atoms with Crippen molar-refractivity contribution in [1.29, 1.82) is 0 Å². The second-order valence-corrected chi connectivity index (χ2v) is 17.7. The van der Waals surface area contributed by atoms with Crippen LogP contribution in [0.15, 0.2) is 120 Å². The second kappa shape index (κ2) is 10.6. The third-order valence-electron chi connectivity index (χ3n) is 10.9. The maximum absolute atomic E-state index is 6.91. The average molecular weight is 670 g/mol. The van der Waals surface area contributed by atoms with Gasteiger partial charge in [0, 0.05) is 42.2 Å². The Morgan fingerprint density at radius 3 is 2.04 bits per heavy atom. The predicted octanol–water partition coefficient (Wildman–Crippen LogP) is 14.3. The molecule has 2 aromatic heterocycles. The van der Waals surface area contributed by atoms with Crippen molar-refractivity contribution in [1.82, 2.24) is 0 Å². The quantitative estimate of drug-likeness (QED) is 0.186. The van der Waals surface area contributed by atoms with E-state index < -0.39 is 0 Å². The number of fused-ring (bicyclic) bond motifs is 9. The highest BCUT2D eigenvalue weighted by Crippen LogP contribution is 2.53. The predicted molar refractivity (Wildman–Crippen MR) is 216 cm³/mol. The molecule has 0 spiro atoms. The molecule has 2 heterocycles. The maximum atomic E-state index is 6.91. The fraction of sp³-hybridized carbons (Fsp3) is 0.234. The molecule has 0 N–H and O–H groups in total. The van der Waals surface area contributed by atoms with Gasteiger partial charge < -0.3 is 9.32 Å². The van der Waals surface area contributed by atoms with E-state index in [2.05, 4.69) is 176 Å². The molecule has 0 atom stereocenters. The zero-order valence-corrected chi connectivity index (χ0v) is 31.0. The monoisotopic (exact) mass is 669 g/mol. The Bertz CT molecular complexity index is 2650. The molecular weight excluding hydrogens is 627 g/mol. The van der Waals surface area contributed by atoms with Crippen molar-refractivity contribution in [3.8, 4) is 11.1 Å². The summed E-state index contributed by atoms with van der Waals surface area (Å²) in [6, 6.07) is 43.0. The number of nitrogens with zero attached hydrogens (tertiary/aromatic N) is 1. The van der Waals surface area contributed by atoms with Crippen molar-refractivity contribution in [3.63, 3.8) is 0 Å². The Labute approximate surface area is 299 Å². The third kappa shape index (κ3) is 4.52. The van der Waals surface area contributed by atoms with Crippen LogP contribution in [-0.2, 0) is 16.2 Å². The van der Waals surface area contributed by atoms with E-state index in [0.717, 1.165) is 27.9 Å². The number of thiophene rings is 1. The van der Waals surface area contributed by atoms with Gasteiger partial charge in [0.05, 0.1) is 16.8 Å². The van der Waals surface area contributed by atoms with Gasteiger partial charge in [0.1, 0.15) is 11.2 Å². The van der Waals surface area contributed by atoms with Gasteiger partial charge in [-0.15, -0.1) is 11.3 Å². The first-order valence-corrected chi connectivity index (χ1v) is 18.6. The maximum Gasteiger partial charge on any atom is 0.139 e. The summed E-state index contributed by atoms with van der Waals surface area (Å²) in [6.07, 6.45) is 0. The van der Waals surface area contributed by atoms with Gasteiger partial charge in [-0.25, -0.2) is 0 Å². The van der Waals surface area contributed by atoms with Crippen LogP contribution in [0.3, 0.4) is 0 Å². The molecule has 0 saturated heterocycles. The van der Waals surface area contributed by atoms with Crippen LogP contribution in [0.4, 0.5) is 17.1 Å². The van der Waals surface area contributed by atoms with Crippen LogP contribution in [0.2, 0.25) is 0 Å². The van der Waals surface area contributed by atoms with Crippen LogP contribution in [0, 0.1) is 0 Å². The van der Waals surface area contributed by atoms with Crippen LogP contribution in [0.25, 0.3) is 53.2 Å². The highest BCUT2D eigenvalue weighted by Gasteiger charge is 2.36. The summed E-state index contributed by atoms with van der Waals surface area (Å²) < 4.78 is 9.50. The molecule has 50 heavy (non-hydrogen) atoms. The Morgan fingerprint density at radius 2 is 1.26 bits per heavy atom. The van der Waals surface area contributed by atoms with Gasteiger partial charge in [-0.3, -0.25) is 0 Å². The van der Waals surface area contributed by atoms with Crippen molar-refractivity contribution < 1.29 is 4.42 Å². The van der Waals surface area contributed by atoms with Gasteiger partial charge >= 0.3 is 0 Å². The molecule has 0 saturated carbocycles. The number of hydrogen-bond donors (Lipinski definition) is 0. The normalized spacial score (nSPS) is 14.2. The lowest BCUT2D eigenvalue weighted by molar-refractivity contribution is 0.559. The van der Waals surface area contributed by atoms with E-state index in [-0.39, 0.29) is 16.2 Å². The molecule has 0 aliphatic heterocycles. The number of furan rings is 1. The summed E-state index contributed by atoms with van der Waals surface area (Å²) in [7, 11) is 0. The largest absolute Gasteiger partial charge is 0.456 e. The van der Waals surface area contributed by atoms with E-state index in [4.69, 9.17) is 4.42 Å². The Balaban J connectivity index is 1.41. The van der Waals surface area contributed by atoms with Crippen LogP contribution < -0.4 is 4.90 Å². The van der Waals surface area contributed by atoms with Crippen LogP contribution in [0.1, 0.15) is 77.6 Å². The van der Waals surface area contributed by atoms with Crippen LogP contribution in [-0.4, -0.2) is 0 Å². The zero-order chi connectivity index (χ0) is 34.7. The number of hydrogen-bond acceptors (Lipinski definition) is 3. The summed E-state index contributed by atoms with van der Waals surface area (Å²) in [4.78, 5) is 2.51. The summed E-state index contributed by atoms with van der Waals surface area (Å²) in [6.45, 7) is 18.5. The number of anilines is 3. The molecule has 0 fully saturated rings. The van der Waals surface area contributed by atoms with Gasteiger partial charge in [-0.05, 0) is 87.2 Å². The number of rotatable bonds is 3. The molecule has 0 amide bonds. The van der Waals surface area contributed by atoms with E-state index in [1.807, 2.05) is 11.3 Å². The van der Waals surface area contributed by atoms with Crippen molar-refractivity contribution in [2.45, 2.75) is 71.6 Å². The van der Waals surface area contributed by atoms with E-state index in [9.17, 15) is 0 Å². The molecule has 1 aliphatic rings. The molecule has 2 nitrogen and oxygen atoms in total. The van der Waals surface area contributed by atoms with E-state index in [0.29, 0.717) is 0 Å². The summed E-state index contributed by atoms with van der Waals surface area (Å²) in [5, 5.41) is 4.89. The molecule has 248 valence electrons. The van der Waals surface area contributed by atoms with Crippen LogP contribution >= 0.6 is 11.3 Å². The molecule has 9 rings (SSSR count). The van der Waals surface area contributed by atoms with Crippen molar-refractivity contribution in [3.05, 3.63) is 138 Å². The fourth-order valence-corrected chi connectivity index (χ4v) is 9.41. The summed E-state index contributed by atoms with van der Waals surface area (Å²) >= 11 is 1.87. The molecule has 0 radical (unpaired) electrons. The minimum atomic E-state index is -0.0887. The molecule has 1 aliphatic carbocycles. The lowest BCUT2D eigenvalue weighted by Gasteiger charge is -2.29. The van der Waals surface area contributed by atoms with Gasteiger partial charge in [-0.1, -0.05) is 122 Å². The van der Waals surface area contributed by atoms with Crippen LogP contribution in [0.5, 0.6) is 0 Å². The molecular formula is C47H43NOS. The first-order chi connectivity index (χ1) is 23.8. The first kappa shape index (κ1) is 31.1. The minimum Gasteiger partial charge on any atom is -0.456 e. The van der Waals surface area contributed by atoms with E-state index >= 15 is 0 Å². The average Bonchev–Trinajstić information content (AvgIpc) is 3.72. The molecule has 0 bridgehead atoms. The van der Waals surface area contributed by atoms with E-state index in [1.165, 1.54) is 64.6 Å². The topological polar surface area (TPSA) is 16.4 Å². The lowest BCUT2D eigenvalue weighted by atomic mass is 9.79. The second-order valence-electron chi connectivity index (χ2n) is 16.6. The Kier molecular flexibility index (Phi) is 6.59. The van der Waals surface area contributed by atoms with E-state index in [1.54, 1.807) is 0 Å². The standard InChI is InChI=1S/C47H43NOS/c1-45(2,3)28-25-33-42-37(18-13-20-39(42)49-44(33)36(26-28)46(4,5)6)48(38-19-14-22-41-43(38)31-16-10-12-21-40(31)50-41)29-23-24-35-32(27-29)30-15-9-11-17-34(30)47(35,7)8/h9-27H,1-8H3. The minimum absolute atomic E-state index is 0.0201. The Morgan fingerprint density at radius 1 is 0.580 bits per heavy atom. The molecule has 3 heteroatoms. The summed E-state index contributed by atoms with van der Waals surface area (Å²) in [5.74, 6) is 0. The SMILES string of the molecule is CC(C)(C)c1cc(C(C)(C)C)c2oc3cccc(N(c4ccc5c(c4)-c4ccccc4C5(C)C)c4cccc5sc6ccccc6c45)c3c2c1. The van der Waals surface area contributed by atoms with Gasteiger partial charge in [0.15, 0.2) is 0 Å². The number of benzene rings is 6. The smallest absolute Gasteiger partial charge is 0.139 e. The highest BCUT2D eigenvalue weighted by molar-refractivity contribution is 7.26. The highest BCUT2D eigenvalue weighted by atomic mass is 32.1. The fourth-order valence-electron chi connectivity index (χ4n) is 8.28. The molecule has 6 aromatic carbocycles. The van der Waals surface area contributed by atoms with Crippen molar-refractivity contribution in [2.75, 3.05) is 4.90 Å². The third-order valence-corrected chi connectivity index (χ3v) is 12.1. The van der Waals surface area contributed by atoms with Crippen molar-refractivity contribution in [2.24, 2.45) is 0 Å². The van der Waals surface area contributed by atoms with Gasteiger partial charge in [-0.2, -0.15) is 0 Å². The lowest BCUT2D eigenvalue weighted by Crippen LogP contribution is -2.16.